The van der Waals surface area contributed by atoms with Gasteiger partial charge in [0.25, 0.3) is 0 Å². The molecule has 0 aliphatic rings. The molecule has 0 heterocycles. The lowest BCUT2D eigenvalue weighted by Crippen LogP contribution is -2.08. The minimum absolute atomic E-state index is 0.295. The zero-order valence-electron chi connectivity index (χ0n) is 8.59. The van der Waals surface area contributed by atoms with Crippen molar-refractivity contribution in [2.45, 2.75) is 0 Å². The number of aromatic hydroxyl groups is 1. The van der Waals surface area contributed by atoms with Crippen LogP contribution in [0.25, 0.3) is 0 Å². The van der Waals surface area contributed by atoms with Gasteiger partial charge in [-0.3, -0.25) is 0 Å². The van der Waals surface area contributed by atoms with Crippen LogP contribution in [0.1, 0.15) is 0 Å². The van der Waals surface area contributed by atoms with Crippen LogP contribution in [0.3, 0.4) is 0 Å². The number of phenols is 1. The van der Waals surface area contributed by atoms with Gasteiger partial charge in [0.05, 0.1) is 5.69 Å². The maximum atomic E-state index is 9.70. The Bertz CT molecular complexity index is 439. The molecule has 2 heteroatoms. The van der Waals surface area contributed by atoms with Gasteiger partial charge >= 0.3 is 0 Å². The van der Waals surface area contributed by atoms with Crippen molar-refractivity contribution in [1.29, 1.82) is 0 Å². The summed E-state index contributed by atoms with van der Waals surface area (Å²) in [6, 6.07) is 17.3. The molecule has 0 saturated carbocycles. The summed E-state index contributed by atoms with van der Waals surface area (Å²) >= 11 is 0. The fourth-order valence-electron chi connectivity index (χ4n) is 1.54. The summed E-state index contributed by atoms with van der Waals surface area (Å²) in [5, 5.41) is 9.70. The first kappa shape index (κ1) is 9.59. The highest BCUT2D eigenvalue weighted by Crippen LogP contribution is 2.30. The van der Waals surface area contributed by atoms with E-state index < -0.39 is 0 Å². The third-order valence-electron chi connectivity index (χ3n) is 2.39. The summed E-state index contributed by atoms with van der Waals surface area (Å²) in [5.74, 6) is 0.295. The molecule has 0 aliphatic heterocycles. The van der Waals surface area contributed by atoms with Crippen molar-refractivity contribution < 1.29 is 5.11 Å². The summed E-state index contributed by atoms with van der Waals surface area (Å²) in [6.45, 7) is 0. The van der Waals surface area contributed by atoms with Crippen LogP contribution in [-0.4, -0.2) is 12.2 Å². The normalized spacial score (nSPS) is 9.93. The molecule has 0 amide bonds. The average molecular weight is 199 g/mol. The van der Waals surface area contributed by atoms with Crippen LogP contribution in [0, 0.1) is 0 Å². The summed E-state index contributed by atoms with van der Waals surface area (Å²) in [5.41, 5.74) is 1.86. The first-order valence-electron chi connectivity index (χ1n) is 4.86. The molecule has 0 aromatic heterocycles. The van der Waals surface area contributed by atoms with E-state index >= 15 is 0 Å². The molecular formula is C13H13NO. The second kappa shape index (κ2) is 4.05. The summed E-state index contributed by atoms with van der Waals surface area (Å²) in [6.07, 6.45) is 0. The van der Waals surface area contributed by atoms with E-state index in [0.29, 0.717) is 5.75 Å². The highest BCUT2D eigenvalue weighted by Gasteiger charge is 2.06. The molecule has 0 radical (unpaired) electrons. The number of hydrogen-bond acceptors (Lipinski definition) is 2. The Balaban J connectivity index is 2.37. The average Bonchev–Trinajstić information content (AvgIpc) is 2.30. The SMILES string of the molecule is CN(c1ccccc1)c1ccccc1O. The van der Waals surface area contributed by atoms with E-state index in [-0.39, 0.29) is 0 Å². The summed E-state index contributed by atoms with van der Waals surface area (Å²) in [7, 11) is 1.93. The zero-order chi connectivity index (χ0) is 10.7. The first-order chi connectivity index (χ1) is 7.29. The van der Waals surface area contributed by atoms with Crippen LogP contribution < -0.4 is 4.90 Å². The zero-order valence-corrected chi connectivity index (χ0v) is 8.59. The second-order valence-electron chi connectivity index (χ2n) is 3.38. The Kier molecular flexibility index (Phi) is 2.59. The lowest BCUT2D eigenvalue weighted by Gasteiger charge is -2.20. The molecule has 0 saturated heterocycles. The fourth-order valence-corrected chi connectivity index (χ4v) is 1.54. The molecule has 0 fully saturated rings. The molecule has 0 bridgehead atoms. The minimum atomic E-state index is 0.295. The van der Waals surface area contributed by atoms with Crippen LogP contribution in [-0.2, 0) is 0 Å². The van der Waals surface area contributed by atoms with E-state index in [4.69, 9.17) is 0 Å². The van der Waals surface area contributed by atoms with Crippen molar-refractivity contribution in [1.82, 2.24) is 0 Å². The van der Waals surface area contributed by atoms with E-state index in [1.807, 2.05) is 60.5 Å². The largest absolute Gasteiger partial charge is 0.506 e. The Labute approximate surface area is 89.4 Å². The Morgan fingerprint density at radius 1 is 0.867 bits per heavy atom. The number of rotatable bonds is 2. The van der Waals surface area contributed by atoms with Crippen LogP contribution in [0.4, 0.5) is 11.4 Å². The molecule has 0 aliphatic carbocycles. The summed E-state index contributed by atoms with van der Waals surface area (Å²) < 4.78 is 0. The maximum Gasteiger partial charge on any atom is 0.139 e. The topological polar surface area (TPSA) is 23.5 Å². The number of para-hydroxylation sites is 3. The van der Waals surface area contributed by atoms with Crippen molar-refractivity contribution in [3.63, 3.8) is 0 Å². The molecule has 0 unspecified atom stereocenters. The van der Waals surface area contributed by atoms with Crippen LogP contribution in [0.2, 0.25) is 0 Å². The predicted molar refractivity (Wildman–Crippen MR) is 62.6 cm³/mol. The van der Waals surface area contributed by atoms with Gasteiger partial charge in [0, 0.05) is 12.7 Å². The molecule has 1 N–H and O–H groups in total. The van der Waals surface area contributed by atoms with Crippen molar-refractivity contribution in [3.05, 3.63) is 54.6 Å². The van der Waals surface area contributed by atoms with Gasteiger partial charge < -0.3 is 10.0 Å². The van der Waals surface area contributed by atoms with E-state index in [2.05, 4.69) is 0 Å². The number of hydrogen-bond donors (Lipinski definition) is 1. The van der Waals surface area contributed by atoms with Gasteiger partial charge in [-0.2, -0.15) is 0 Å². The van der Waals surface area contributed by atoms with Crippen molar-refractivity contribution in [2.24, 2.45) is 0 Å². The third kappa shape index (κ3) is 1.94. The van der Waals surface area contributed by atoms with Crippen molar-refractivity contribution in [3.8, 4) is 5.75 Å². The first-order valence-corrected chi connectivity index (χ1v) is 4.86. The maximum absolute atomic E-state index is 9.70. The lowest BCUT2D eigenvalue weighted by atomic mass is 10.2. The van der Waals surface area contributed by atoms with E-state index in [1.165, 1.54) is 0 Å². The smallest absolute Gasteiger partial charge is 0.139 e. The third-order valence-corrected chi connectivity index (χ3v) is 2.39. The molecule has 2 nitrogen and oxygen atoms in total. The Hall–Kier alpha value is -1.96. The molecule has 2 aromatic carbocycles. The van der Waals surface area contributed by atoms with Crippen LogP contribution >= 0.6 is 0 Å². The van der Waals surface area contributed by atoms with E-state index in [9.17, 15) is 5.11 Å². The van der Waals surface area contributed by atoms with E-state index in [0.717, 1.165) is 11.4 Å². The fraction of sp³-hybridized carbons (Fsp3) is 0.0769. The van der Waals surface area contributed by atoms with Gasteiger partial charge in [0.2, 0.25) is 0 Å². The van der Waals surface area contributed by atoms with Gasteiger partial charge in [0.1, 0.15) is 5.75 Å². The second-order valence-corrected chi connectivity index (χ2v) is 3.38. The summed E-state index contributed by atoms with van der Waals surface area (Å²) in [4.78, 5) is 1.95. The lowest BCUT2D eigenvalue weighted by molar-refractivity contribution is 0.476. The molecule has 0 spiro atoms. The van der Waals surface area contributed by atoms with Crippen molar-refractivity contribution in [2.75, 3.05) is 11.9 Å². The van der Waals surface area contributed by atoms with Crippen molar-refractivity contribution >= 4 is 11.4 Å². The molecule has 0 atom stereocenters. The number of nitrogens with zero attached hydrogens (tertiary/aromatic N) is 1. The van der Waals surface area contributed by atoms with E-state index in [1.54, 1.807) is 6.07 Å². The van der Waals surface area contributed by atoms with Gasteiger partial charge in [0.15, 0.2) is 0 Å². The predicted octanol–water partition coefficient (Wildman–Crippen LogP) is 3.16. The minimum Gasteiger partial charge on any atom is -0.506 e. The number of anilines is 2. The molecule has 2 aromatic rings. The quantitative estimate of drug-likeness (QED) is 0.803. The molecule has 15 heavy (non-hydrogen) atoms. The molecule has 76 valence electrons. The van der Waals surface area contributed by atoms with Gasteiger partial charge in [-0.25, -0.2) is 0 Å². The van der Waals surface area contributed by atoms with Gasteiger partial charge in [-0.15, -0.1) is 0 Å². The highest BCUT2D eigenvalue weighted by atomic mass is 16.3. The van der Waals surface area contributed by atoms with Gasteiger partial charge in [-0.1, -0.05) is 30.3 Å². The molecule has 2 rings (SSSR count). The Morgan fingerprint density at radius 3 is 2.13 bits per heavy atom. The van der Waals surface area contributed by atoms with Crippen LogP contribution in [0.5, 0.6) is 5.75 Å². The van der Waals surface area contributed by atoms with Gasteiger partial charge in [-0.05, 0) is 24.3 Å². The standard InChI is InChI=1S/C13H13NO/c1-14(11-7-3-2-4-8-11)12-9-5-6-10-13(12)15/h2-10,15H,1H3. The molecular weight excluding hydrogens is 186 g/mol. The number of benzene rings is 2. The number of phenolic OH excluding ortho intramolecular Hbond substituents is 1. The van der Waals surface area contributed by atoms with Crippen LogP contribution in [0.15, 0.2) is 54.6 Å². The highest BCUT2D eigenvalue weighted by molar-refractivity contribution is 5.67. The monoisotopic (exact) mass is 199 g/mol. The Morgan fingerprint density at radius 2 is 1.47 bits per heavy atom.